The molecule has 0 atom stereocenters. The Balaban J connectivity index is 1.67. The first-order valence-electron chi connectivity index (χ1n) is 6.37. The minimum atomic E-state index is -1.04. The summed E-state index contributed by atoms with van der Waals surface area (Å²) in [5.41, 5.74) is 0.0429. The summed E-state index contributed by atoms with van der Waals surface area (Å²) in [5.74, 6) is 0.216. The number of hydrogen-bond donors (Lipinski definition) is 3. The normalized spacial score (nSPS) is 10.5. The monoisotopic (exact) mass is 309 g/mol. The number of amides is 1. The van der Waals surface area contributed by atoms with Crippen molar-refractivity contribution >= 4 is 23.2 Å². The van der Waals surface area contributed by atoms with Gasteiger partial charge in [0.2, 0.25) is 5.91 Å². The lowest BCUT2D eigenvalue weighted by molar-refractivity contribution is -0.121. The van der Waals surface area contributed by atoms with Gasteiger partial charge in [-0.05, 0) is 6.92 Å². The van der Waals surface area contributed by atoms with Gasteiger partial charge in [-0.25, -0.2) is 14.8 Å². The van der Waals surface area contributed by atoms with Crippen molar-refractivity contribution in [2.24, 2.45) is 0 Å². The van der Waals surface area contributed by atoms with E-state index in [2.05, 4.69) is 25.5 Å². The van der Waals surface area contributed by atoms with Crippen molar-refractivity contribution in [2.45, 2.75) is 26.2 Å². The second-order valence-corrected chi connectivity index (χ2v) is 5.31. The Hall–Kier alpha value is -2.29. The molecule has 0 fully saturated rings. The van der Waals surface area contributed by atoms with Crippen molar-refractivity contribution in [3.05, 3.63) is 27.7 Å². The van der Waals surface area contributed by atoms with E-state index in [1.165, 1.54) is 16.7 Å². The van der Waals surface area contributed by atoms with Crippen LogP contribution in [0.25, 0.3) is 0 Å². The summed E-state index contributed by atoms with van der Waals surface area (Å²) in [6, 6.07) is 0. The summed E-state index contributed by atoms with van der Waals surface area (Å²) in [7, 11) is 0. The maximum absolute atomic E-state index is 11.6. The van der Waals surface area contributed by atoms with E-state index < -0.39 is 5.97 Å². The van der Waals surface area contributed by atoms with Crippen LogP contribution in [-0.4, -0.2) is 43.7 Å². The van der Waals surface area contributed by atoms with Crippen LogP contribution in [0.2, 0.25) is 0 Å². The molecule has 21 heavy (non-hydrogen) atoms. The zero-order chi connectivity index (χ0) is 15.2. The molecule has 9 heteroatoms. The molecule has 2 aromatic heterocycles. The highest BCUT2D eigenvalue weighted by Gasteiger charge is 2.09. The van der Waals surface area contributed by atoms with E-state index in [-0.39, 0.29) is 11.6 Å². The van der Waals surface area contributed by atoms with Gasteiger partial charge in [0.15, 0.2) is 11.5 Å². The predicted octanol–water partition coefficient (Wildman–Crippen LogP) is 0.559. The molecule has 0 aliphatic carbocycles. The molecule has 0 bridgehead atoms. The van der Waals surface area contributed by atoms with E-state index in [4.69, 9.17) is 5.11 Å². The molecule has 0 aromatic carbocycles. The number of carbonyl (C=O) groups excluding carboxylic acids is 1. The molecule has 2 rings (SSSR count). The third-order valence-electron chi connectivity index (χ3n) is 2.65. The molecular weight excluding hydrogens is 294 g/mol. The fraction of sp³-hybridized carbons (Fsp3) is 0.417. The third-order valence-corrected chi connectivity index (χ3v) is 3.56. The highest BCUT2D eigenvalue weighted by atomic mass is 32.1. The molecule has 112 valence electrons. The van der Waals surface area contributed by atoms with E-state index in [1.807, 2.05) is 0 Å². The van der Waals surface area contributed by atoms with Crippen LogP contribution >= 0.6 is 11.3 Å². The number of H-pyrrole nitrogens is 1. The van der Waals surface area contributed by atoms with E-state index in [0.29, 0.717) is 36.6 Å². The van der Waals surface area contributed by atoms with E-state index >= 15 is 0 Å². The molecule has 0 radical (unpaired) electrons. The van der Waals surface area contributed by atoms with Crippen LogP contribution in [-0.2, 0) is 17.6 Å². The van der Waals surface area contributed by atoms with Gasteiger partial charge in [-0.3, -0.25) is 9.89 Å². The number of aromatic carboxylic acids is 1. The molecule has 0 aliphatic rings. The number of thiazole rings is 1. The Kier molecular flexibility index (Phi) is 4.99. The van der Waals surface area contributed by atoms with E-state index in [0.717, 1.165) is 5.82 Å². The zero-order valence-corrected chi connectivity index (χ0v) is 12.2. The van der Waals surface area contributed by atoms with Crippen LogP contribution in [0.4, 0.5) is 0 Å². The van der Waals surface area contributed by atoms with Gasteiger partial charge < -0.3 is 10.4 Å². The molecule has 0 unspecified atom stereocenters. The number of nitrogens with zero attached hydrogens (tertiary/aromatic N) is 3. The highest BCUT2D eigenvalue weighted by Crippen LogP contribution is 2.09. The molecule has 1 amide bonds. The second-order valence-electron chi connectivity index (χ2n) is 4.37. The molecular formula is C12H15N5O3S. The van der Waals surface area contributed by atoms with Crippen LogP contribution in [0, 0.1) is 6.92 Å². The van der Waals surface area contributed by atoms with Crippen molar-refractivity contribution in [3.63, 3.8) is 0 Å². The summed E-state index contributed by atoms with van der Waals surface area (Å²) in [6.07, 6.45) is 1.32. The lowest BCUT2D eigenvalue weighted by atomic mass is 10.3. The Morgan fingerprint density at radius 2 is 2.19 bits per heavy atom. The van der Waals surface area contributed by atoms with Crippen LogP contribution < -0.4 is 5.32 Å². The largest absolute Gasteiger partial charge is 0.476 e. The molecule has 8 nitrogen and oxygen atoms in total. The van der Waals surface area contributed by atoms with Crippen LogP contribution in [0.5, 0.6) is 0 Å². The highest BCUT2D eigenvalue weighted by molar-refractivity contribution is 7.09. The van der Waals surface area contributed by atoms with Gasteiger partial charge in [-0.15, -0.1) is 11.3 Å². The van der Waals surface area contributed by atoms with Gasteiger partial charge in [0.05, 0.1) is 5.01 Å². The van der Waals surface area contributed by atoms with Gasteiger partial charge in [-0.2, -0.15) is 5.10 Å². The van der Waals surface area contributed by atoms with Crippen LogP contribution in [0.15, 0.2) is 5.38 Å². The fourth-order valence-corrected chi connectivity index (χ4v) is 2.42. The third kappa shape index (κ3) is 4.63. The number of aryl methyl sites for hydroxylation is 2. The first kappa shape index (κ1) is 15.1. The number of carboxylic acid groups (broad SMARTS) is 1. The number of rotatable bonds is 7. The molecule has 0 saturated heterocycles. The summed E-state index contributed by atoms with van der Waals surface area (Å²) in [6.45, 7) is 2.23. The SMILES string of the molecule is Cc1nc(CCC(=O)NCCc2nc(C(=O)O)cs2)n[nH]1. The van der Waals surface area contributed by atoms with Crippen molar-refractivity contribution in [1.82, 2.24) is 25.5 Å². The first-order valence-corrected chi connectivity index (χ1v) is 7.25. The molecule has 2 heterocycles. The van der Waals surface area contributed by atoms with Gasteiger partial charge in [-0.1, -0.05) is 0 Å². The van der Waals surface area contributed by atoms with E-state index in [1.54, 1.807) is 6.92 Å². The van der Waals surface area contributed by atoms with Gasteiger partial charge >= 0.3 is 5.97 Å². The number of hydrogen-bond acceptors (Lipinski definition) is 6. The summed E-state index contributed by atoms with van der Waals surface area (Å²) in [5, 5.41) is 20.4. The summed E-state index contributed by atoms with van der Waals surface area (Å²) in [4.78, 5) is 30.4. The summed E-state index contributed by atoms with van der Waals surface area (Å²) >= 11 is 1.28. The quantitative estimate of drug-likeness (QED) is 0.687. The Morgan fingerprint density at radius 3 is 2.81 bits per heavy atom. The fourth-order valence-electron chi connectivity index (χ4n) is 1.65. The standard InChI is InChI=1S/C12H15N5O3S/c1-7-14-9(17-16-7)2-3-10(18)13-5-4-11-15-8(6-21-11)12(19)20/h6H,2-5H2,1H3,(H,13,18)(H,19,20)(H,14,16,17). The Bertz CT molecular complexity index is 636. The molecule has 2 aromatic rings. The van der Waals surface area contributed by atoms with Crippen LogP contribution in [0.1, 0.15) is 33.6 Å². The zero-order valence-electron chi connectivity index (χ0n) is 11.4. The van der Waals surface area contributed by atoms with Gasteiger partial charge in [0.1, 0.15) is 5.82 Å². The van der Waals surface area contributed by atoms with Crippen molar-refractivity contribution in [3.8, 4) is 0 Å². The minimum Gasteiger partial charge on any atom is -0.476 e. The van der Waals surface area contributed by atoms with Gasteiger partial charge in [0.25, 0.3) is 0 Å². The predicted molar refractivity (Wildman–Crippen MR) is 75.2 cm³/mol. The smallest absolute Gasteiger partial charge is 0.355 e. The lowest BCUT2D eigenvalue weighted by Gasteiger charge is -2.02. The first-order chi connectivity index (χ1) is 10.0. The molecule has 0 aliphatic heterocycles. The molecule has 0 saturated carbocycles. The topological polar surface area (TPSA) is 121 Å². The maximum Gasteiger partial charge on any atom is 0.355 e. The van der Waals surface area contributed by atoms with Crippen molar-refractivity contribution in [1.29, 1.82) is 0 Å². The van der Waals surface area contributed by atoms with Gasteiger partial charge in [0, 0.05) is 31.2 Å². The summed E-state index contributed by atoms with van der Waals surface area (Å²) < 4.78 is 0. The molecule has 0 spiro atoms. The van der Waals surface area contributed by atoms with Crippen molar-refractivity contribution < 1.29 is 14.7 Å². The van der Waals surface area contributed by atoms with Crippen LogP contribution in [0.3, 0.4) is 0 Å². The number of aromatic nitrogens is 4. The lowest BCUT2D eigenvalue weighted by Crippen LogP contribution is -2.26. The molecule has 3 N–H and O–H groups in total. The number of carbonyl (C=O) groups is 2. The van der Waals surface area contributed by atoms with Crippen molar-refractivity contribution in [2.75, 3.05) is 6.54 Å². The number of carboxylic acids is 1. The Labute approximate surface area is 124 Å². The second kappa shape index (κ2) is 6.93. The van der Waals surface area contributed by atoms with E-state index in [9.17, 15) is 9.59 Å². The number of aromatic amines is 1. The number of nitrogens with one attached hydrogen (secondary N) is 2. The minimum absolute atomic E-state index is 0.0429. The average molecular weight is 309 g/mol. The Morgan fingerprint density at radius 1 is 1.38 bits per heavy atom. The average Bonchev–Trinajstić information content (AvgIpc) is 3.05. The maximum atomic E-state index is 11.6.